The topological polar surface area (TPSA) is 122 Å². The molecule has 0 radical (unpaired) electrons. The lowest BCUT2D eigenvalue weighted by Crippen LogP contribution is -2.57. The molecule has 170 valence electrons. The molecule has 0 spiro atoms. The van der Waals surface area contributed by atoms with E-state index in [1.807, 2.05) is 12.1 Å². The molecule has 0 unspecified atom stereocenters. The fraction of sp³-hybridized carbons (Fsp3) is 0.318. The maximum absolute atomic E-state index is 12.6. The highest BCUT2D eigenvalue weighted by atomic mass is 35.5. The molecule has 0 aliphatic carbocycles. The van der Waals surface area contributed by atoms with Gasteiger partial charge in [-0.2, -0.15) is 0 Å². The number of carbonyl (C=O) groups excluding carboxylic acids is 2. The van der Waals surface area contributed by atoms with Crippen LogP contribution < -0.4 is 10.6 Å². The van der Waals surface area contributed by atoms with Crippen LogP contribution in [0.25, 0.3) is 0 Å². The number of halogens is 1. The molecule has 1 aliphatic rings. The van der Waals surface area contributed by atoms with Gasteiger partial charge in [-0.05, 0) is 35.4 Å². The zero-order valence-corrected chi connectivity index (χ0v) is 18.1. The molecule has 1 saturated heterocycles. The highest BCUT2D eigenvalue weighted by Gasteiger charge is 2.31. The Kier molecular flexibility index (Phi) is 7.91. The average Bonchev–Trinajstić information content (AvgIpc) is 2.79. The van der Waals surface area contributed by atoms with Crippen molar-refractivity contribution in [3.63, 3.8) is 0 Å². The summed E-state index contributed by atoms with van der Waals surface area (Å²) >= 11 is 5.84. The summed E-state index contributed by atoms with van der Waals surface area (Å²) in [5.74, 6) is -0.144. The monoisotopic (exact) mass is 460 g/mol. The van der Waals surface area contributed by atoms with Crippen molar-refractivity contribution in [2.24, 2.45) is 0 Å². The molecular formula is C22H25ClN4O5. The van der Waals surface area contributed by atoms with Crippen LogP contribution in [0.15, 0.2) is 48.5 Å². The Morgan fingerprint density at radius 2 is 1.66 bits per heavy atom. The van der Waals surface area contributed by atoms with E-state index in [4.69, 9.17) is 16.7 Å². The highest BCUT2D eigenvalue weighted by Crippen LogP contribution is 2.15. The predicted molar refractivity (Wildman–Crippen MR) is 120 cm³/mol. The molecule has 0 aromatic heterocycles. The summed E-state index contributed by atoms with van der Waals surface area (Å²) in [6.45, 7) is 0.639. The molecule has 10 heteroatoms. The number of carboxylic acid groups (broad SMARTS) is 1. The molecule has 1 aliphatic heterocycles. The number of aliphatic hydroxyl groups is 1. The normalized spacial score (nSPS) is 15.9. The molecule has 1 heterocycles. The van der Waals surface area contributed by atoms with E-state index in [0.717, 1.165) is 16.0 Å². The van der Waals surface area contributed by atoms with Gasteiger partial charge in [0.2, 0.25) is 5.91 Å². The van der Waals surface area contributed by atoms with E-state index in [0.29, 0.717) is 17.3 Å². The van der Waals surface area contributed by atoms with Crippen molar-refractivity contribution < 1.29 is 24.6 Å². The van der Waals surface area contributed by atoms with Crippen molar-refractivity contribution in [2.45, 2.75) is 19.0 Å². The second kappa shape index (κ2) is 10.8. The van der Waals surface area contributed by atoms with Gasteiger partial charge in [0.1, 0.15) is 0 Å². The van der Waals surface area contributed by atoms with Gasteiger partial charge in [-0.25, -0.2) is 9.59 Å². The van der Waals surface area contributed by atoms with E-state index in [-0.39, 0.29) is 44.6 Å². The first-order chi connectivity index (χ1) is 15.4. The van der Waals surface area contributed by atoms with Gasteiger partial charge in [0.25, 0.3) is 0 Å². The zero-order valence-electron chi connectivity index (χ0n) is 17.3. The number of amides is 4. The molecule has 1 fully saturated rings. The van der Waals surface area contributed by atoms with E-state index < -0.39 is 12.1 Å². The van der Waals surface area contributed by atoms with Crippen molar-refractivity contribution in [3.8, 4) is 0 Å². The van der Waals surface area contributed by atoms with Crippen LogP contribution in [0, 0.1) is 0 Å². The van der Waals surface area contributed by atoms with E-state index >= 15 is 0 Å². The van der Waals surface area contributed by atoms with Gasteiger partial charge >= 0.3 is 12.1 Å². The highest BCUT2D eigenvalue weighted by molar-refractivity contribution is 6.30. The first-order valence-corrected chi connectivity index (χ1v) is 10.5. The largest absolute Gasteiger partial charge is 0.465 e. The summed E-state index contributed by atoms with van der Waals surface area (Å²) in [6, 6.07) is 13.1. The van der Waals surface area contributed by atoms with Gasteiger partial charge < -0.3 is 25.7 Å². The van der Waals surface area contributed by atoms with Crippen LogP contribution in [-0.2, 0) is 17.8 Å². The lowest BCUT2D eigenvalue weighted by Gasteiger charge is -2.39. The third-order valence-corrected chi connectivity index (χ3v) is 5.48. The first-order valence-electron chi connectivity index (χ1n) is 10.1. The zero-order chi connectivity index (χ0) is 23.1. The Morgan fingerprint density at radius 1 is 1.00 bits per heavy atom. The maximum atomic E-state index is 12.6. The number of nitrogens with zero attached hydrogens (tertiary/aromatic N) is 2. The SMILES string of the molecule is O=C(NCc1ccc(Cl)cc1)Nc1ccc(CC(=O)N2CCN(C(=O)O)[C@@H](CO)C2)cc1. The molecule has 0 bridgehead atoms. The summed E-state index contributed by atoms with van der Waals surface area (Å²) in [5.41, 5.74) is 2.28. The number of nitrogens with one attached hydrogen (secondary N) is 2. The molecule has 2 aromatic rings. The smallest absolute Gasteiger partial charge is 0.407 e. The molecule has 32 heavy (non-hydrogen) atoms. The standard InChI is InChI=1S/C22H25ClN4O5/c23-17-5-1-16(2-6-17)12-24-21(30)25-18-7-3-15(4-8-18)11-20(29)26-9-10-27(22(31)32)19(13-26)14-28/h1-8,19,28H,9-14H2,(H,31,32)(H2,24,25,30)/t19-/m1/s1. The van der Waals surface area contributed by atoms with Crippen LogP contribution in [0.5, 0.6) is 0 Å². The van der Waals surface area contributed by atoms with Crippen LogP contribution in [0.1, 0.15) is 11.1 Å². The fourth-order valence-corrected chi connectivity index (χ4v) is 3.57. The Labute approximate surface area is 190 Å². The third-order valence-electron chi connectivity index (χ3n) is 5.23. The van der Waals surface area contributed by atoms with Gasteiger partial charge in [-0.3, -0.25) is 9.69 Å². The van der Waals surface area contributed by atoms with Crippen molar-refractivity contribution >= 4 is 35.3 Å². The summed E-state index contributed by atoms with van der Waals surface area (Å²) in [4.78, 5) is 38.6. The number of rotatable bonds is 6. The fourth-order valence-electron chi connectivity index (χ4n) is 3.44. The van der Waals surface area contributed by atoms with Gasteiger partial charge in [-0.1, -0.05) is 35.9 Å². The van der Waals surface area contributed by atoms with Crippen LogP contribution in [-0.4, -0.2) is 70.3 Å². The number of benzene rings is 2. The van der Waals surface area contributed by atoms with Gasteiger partial charge in [0, 0.05) is 36.9 Å². The number of hydrogen-bond donors (Lipinski definition) is 4. The number of hydrogen-bond acceptors (Lipinski definition) is 4. The second-order valence-corrected chi connectivity index (χ2v) is 7.90. The summed E-state index contributed by atoms with van der Waals surface area (Å²) in [7, 11) is 0. The number of urea groups is 1. The molecule has 4 N–H and O–H groups in total. The van der Waals surface area contributed by atoms with E-state index in [1.165, 1.54) is 0 Å². The second-order valence-electron chi connectivity index (χ2n) is 7.46. The van der Waals surface area contributed by atoms with Crippen LogP contribution >= 0.6 is 11.6 Å². The van der Waals surface area contributed by atoms with Crippen LogP contribution in [0.3, 0.4) is 0 Å². The van der Waals surface area contributed by atoms with Gasteiger partial charge in [0.15, 0.2) is 0 Å². The predicted octanol–water partition coefficient (Wildman–Crippen LogP) is 2.39. The lowest BCUT2D eigenvalue weighted by atomic mass is 10.1. The van der Waals surface area contributed by atoms with Crippen molar-refractivity contribution in [2.75, 3.05) is 31.6 Å². The van der Waals surface area contributed by atoms with E-state index in [1.54, 1.807) is 41.3 Å². The van der Waals surface area contributed by atoms with E-state index in [9.17, 15) is 19.5 Å². The van der Waals surface area contributed by atoms with Crippen molar-refractivity contribution in [1.29, 1.82) is 0 Å². The number of carbonyl (C=O) groups is 3. The molecule has 9 nitrogen and oxygen atoms in total. The van der Waals surface area contributed by atoms with Crippen LogP contribution in [0.2, 0.25) is 5.02 Å². The van der Waals surface area contributed by atoms with Crippen LogP contribution in [0.4, 0.5) is 15.3 Å². The Morgan fingerprint density at radius 3 is 2.28 bits per heavy atom. The lowest BCUT2D eigenvalue weighted by molar-refractivity contribution is -0.133. The summed E-state index contributed by atoms with van der Waals surface area (Å²) < 4.78 is 0. The quantitative estimate of drug-likeness (QED) is 0.527. The number of piperazine rings is 1. The minimum absolute atomic E-state index is 0.144. The molecule has 4 amide bonds. The number of aliphatic hydroxyl groups excluding tert-OH is 1. The van der Waals surface area contributed by atoms with Gasteiger partial charge in [-0.15, -0.1) is 0 Å². The Hall–Kier alpha value is -3.30. The third kappa shape index (κ3) is 6.35. The first kappa shape index (κ1) is 23.4. The Balaban J connectivity index is 1.47. The summed E-state index contributed by atoms with van der Waals surface area (Å²) in [5, 5.41) is 24.7. The van der Waals surface area contributed by atoms with Gasteiger partial charge in [0.05, 0.1) is 19.1 Å². The minimum Gasteiger partial charge on any atom is -0.465 e. The van der Waals surface area contributed by atoms with E-state index in [2.05, 4.69) is 10.6 Å². The molecule has 0 saturated carbocycles. The minimum atomic E-state index is -1.10. The number of anilines is 1. The maximum Gasteiger partial charge on any atom is 0.407 e. The average molecular weight is 461 g/mol. The van der Waals surface area contributed by atoms with Crippen molar-refractivity contribution in [1.82, 2.24) is 15.1 Å². The molecule has 3 rings (SSSR count). The summed E-state index contributed by atoms with van der Waals surface area (Å²) in [6.07, 6.45) is -0.953. The molecular weight excluding hydrogens is 436 g/mol. The molecule has 2 aromatic carbocycles. The Bertz CT molecular complexity index is 952. The van der Waals surface area contributed by atoms with Crippen molar-refractivity contribution in [3.05, 3.63) is 64.7 Å². The molecule has 1 atom stereocenters.